The second-order valence-electron chi connectivity index (χ2n) is 3.71. The third-order valence-electron chi connectivity index (χ3n) is 2.13. The quantitative estimate of drug-likeness (QED) is 0.352. The summed E-state index contributed by atoms with van der Waals surface area (Å²) in [4.78, 5) is 0. The average Bonchev–Trinajstić information content (AvgIpc) is 2.27. The molecule has 20 heavy (non-hydrogen) atoms. The van der Waals surface area contributed by atoms with Gasteiger partial charge in [-0.15, -0.1) is 0 Å². The second-order valence-corrected chi connectivity index (χ2v) is 7.97. The fourth-order valence-corrected chi connectivity index (χ4v) is 3.54. The van der Waals surface area contributed by atoms with Crippen LogP contribution in [0.25, 0.3) is 0 Å². The summed E-state index contributed by atoms with van der Waals surface area (Å²) in [6.07, 6.45) is -6.56. The van der Waals surface area contributed by atoms with Crippen LogP contribution in [-0.2, 0) is 6.15 Å². The van der Waals surface area contributed by atoms with E-state index in [1.54, 1.807) is 0 Å². The molecule has 0 aromatic carbocycles. The van der Waals surface area contributed by atoms with Crippen LogP contribution in [0, 0.1) is 0 Å². The van der Waals surface area contributed by atoms with Gasteiger partial charge in [0.25, 0.3) is 0 Å². The van der Waals surface area contributed by atoms with Crippen LogP contribution in [0.1, 0.15) is 19.8 Å². The molecule has 0 heterocycles. The van der Waals surface area contributed by atoms with Crippen molar-refractivity contribution in [3.63, 3.8) is 0 Å². The SMILES string of the molecule is CCCC[O][Sn](=[O])[C](F)(F)C(F)(F)C(F)(F)C(F)(F)F. The van der Waals surface area contributed by atoms with Crippen molar-refractivity contribution in [2.24, 2.45) is 0 Å². The molecule has 0 radical (unpaired) electrons. The maximum absolute atomic E-state index is 13.0. The Labute approximate surface area is 114 Å². The van der Waals surface area contributed by atoms with Gasteiger partial charge < -0.3 is 0 Å². The zero-order valence-corrected chi connectivity index (χ0v) is 12.7. The first-order valence-corrected chi connectivity index (χ1v) is 8.86. The van der Waals surface area contributed by atoms with E-state index in [9.17, 15) is 42.6 Å². The number of unbranched alkanes of at least 4 members (excludes halogenated alkanes) is 1. The Balaban J connectivity index is 5.30. The van der Waals surface area contributed by atoms with Crippen molar-refractivity contribution in [1.82, 2.24) is 0 Å². The van der Waals surface area contributed by atoms with Gasteiger partial charge in [0.05, 0.1) is 0 Å². The summed E-state index contributed by atoms with van der Waals surface area (Å²) in [5, 5.41) is 0. The summed E-state index contributed by atoms with van der Waals surface area (Å²) in [5.41, 5.74) is 0. The van der Waals surface area contributed by atoms with Crippen molar-refractivity contribution in [3.05, 3.63) is 0 Å². The number of alkyl halides is 9. The molecule has 0 bridgehead atoms. The monoisotopic (exact) mass is 428 g/mol. The van der Waals surface area contributed by atoms with Gasteiger partial charge in [0, 0.05) is 0 Å². The molecule has 0 aromatic heterocycles. The molecule has 0 aliphatic heterocycles. The molecule has 0 saturated carbocycles. The number of rotatable bonds is 7. The van der Waals surface area contributed by atoms with Crippen LogP contribution >= 0.6 is 0 Å². The Morgan fingerprint density at radius 2 is 1.35 bits per heavy atom. The summed E-state index contributed by atoms with van der Waals surface area (Å²) < 4.78 is 120. The van der Waals surface area contributed by atoms with Crippen LogP contribution in [0.15, 0.2) is 0 Å². The molecule has 0 spiro atoms. The third kappa shape index (κ3) is 3.57. The minimum absolute atomic E-state index is 0.0175. The summed E-state index contributed by atoms with van der Waals surface area (Å²) in [7, 11) is 0. The van der Waals surface area contributed by atoms with E-state index < -0.39 is 48.7 Å². The number of halogens is 9. The molecule has 120 valence electrons. The molecular formula is C8H9F9O2Sn. The molecule has 0 saturated heterocycles. The molecule has 0 atom stereocenters. The summed E-state index contributed by atoms with van der Waals surface area (Å²) >= 11 is -6.18. The molecule has 0 fully saturated rings. The maximum atomic E-state index is 13.0. The number of hydrogen-bond acceptors (Lipinski definition) is 2. The Bertz CT molecular complexity index is 352. The topological polar surface area (TPSA) is 26.3 Å². The first kappa shape index (κ1) is 19.9. The van der Waals surface area contributed by atoms with Crippen molar-refractivity contribution in [2.75, 3.05) is 6.61 Å². The summed E-state index contributed by atoms with van der Waals surface area (Å²) in [6.45, 7) is 0.847. The van der Waals surface area contributed by atoms with Crippen LogP contribution < -0.4 is 0 Å². The van der Waals surface area contributed by atoms with Gasteiger partial charge in [-0.25, -0.2) is 0 Å². The molecule has 12 heteroatoms. The normalized spacial score (nSPS) is 14.5. The first-order chi connectivity index (χ1) is 8.73. The van der Waals surface area contributed by atoms with Crippen molar-refractivity contribution >= 4 is 20.2 Å². The third-order valence-corrected chi connectivity index (χ3v) is 5.82. The Morgan fingerprint density at radius 3 is 1.70 bits per heavy atom. The Kier molecular flexibility index (Phi) is 6.34. The van der Waals surface area contributed by atoms with E-state index in [0.717, 1.165) is 0 Å². The molecular weight excluding hydrogens is 418 g/mol. The van der Waals surface area contributed by atoms with Crippen LogP contribution in [0.3, 0.4) is 0 Å². The van der Waals surface area contributed by atoms with Crippen molar-refractivity contribution in [1.29, 1.82) is 0 Å². The number of hydrogen-bond donors (Lipinski definition) is 0. The molecule has 0 unspecified atom stereocenters. The van der Waals surface area contributed by atoms with Gasteiger partial charge >= 0.3 is 114 Å². The Morgan fingerprint density at radius 1 is 0.900 bits per heavy atom. The van der Waals surface area contributed by atoms with Gasteiger partial charge in [0.15, 0.2) is 0 Å². The van der Waals surface area contributed by atoms with Gasteiger partial charge in [-0.1, -0.05) is 0 Å². The molecule has 2 nitrogen and oxygen atoms in total. The fraction of sp³-hybridized carbons (Fsp3) is 1.00. The Hall–Kier alpha value is -0.0713. The van der Waals surface area contributed by atoms with Gasteiger partial charge in [0.1, 0.15) is 0 Å². The minimum atomic E-state index is -7.02. The summed E-state index contributed by atoms with van der Waals surface area (Å²) in [5.74, 6) is -13.9. The zero-order valence-electron chi connectivity index (χ0n) is 9.84. The predicted octanol–water partition coefficient (Wildman–Crippen LogP) is 3.73. The first-order valence-electron chi connectivity index (χ1n) is 5.10. The van der Waals surface area contributed by atoms with Crippen LogP contribution in [0.2, 0.25) is 0 Å². The van der Waals surface area contributed by atoms with Crippen molar-refractivity contribution in [3.8, 4) is 0 Å². The van der Waals surface area contributed by atoms with Gasteiger partial charge in [-0.3, -0.25) is 0 Å². The molecule has 0 N–H and O–H groups in total. The zero-order chi connectivity index (χ0) is 16.4. The molecule has 0 amide bonds. The molecule has 0 aliphatic rings. The van der Waals surface area contributed by atoms with Gasteiger partial charge in [0.2, 0.25) is 0 Å². The van der Waals surface area contributed by atoms with Gasteiger partial charge in [-0.05, 0) is 0 Å². The van der Waals surface area contributed by atoms with Crippen LogP contribution in [-0.4, -0.2) is 48.7 Å². The van der Waals surface area contributed by atoms with E-state index in [1.807, 2.05) is 0 Å². The second kappa shape index (κ2) is 6.36. The van der Waals surface area contributed by atoms with Crippen molar-refractivity contribution in [2.45, 2.75) is 41.7 Å². The molecule has 0 aromatic rings. The van der Waals surface area contributed by atoms with E-state index in [4.69, 9.17) is 0 Å². The standard InChI is InChI=1S/C4F9.C4H9O.O.Sn/c5-1(6)2(7,8)3(9,10)4(11,12)13;1-2-3-4-5;;/h;2-4H2,1H3;;/q;-1;;+1. The summed E-state index contributed by atoms with van der Waals surface area (Å²) in [6, 6.07) is 0. The average molecular weight is 427 g/mol. The molecule has 0 aliphatic carbocycles. The molecule has 0 rings (SSSR count). The van der Waals surface area contributed by atoms with E-state index in [2.05, 4.69) is 3.07 Å². The van der Waals surface area contributed by atoms with E-state index in [-0.39, 0.29) is 6.42 Å². The predicted molar refractivity (Wildman–Crippen MR) is 48.2 cm³/mol. The van der Waals surface area contributed by atoms with Crippen LogP contribution in [0.4, 0.5) is 39.5 Å². The van der Waals surface area contributed by atoms with E-state index >= 15 is 0 Å². The van der Waals surface area contributed by atoms with Crippen LogP contribution in [0.5, 0.6) is 0 Å². The van der Waals surface area contributed by atoms with Crippen molar-refractivity contribution < 1.29 is 45.7 Å². The fourth-order valence-electron chi connectivity index (χ4n) is 0.903. The van der Waals surface area contributed by atoms with Gasteiger partial charge in [-0.2, -0.15) is 0 Å². The van der Waals surface area contributed by atoms with E-state index in [1.165, 1.54) is 6.92 Å². The van der Waals surface area contributed by atoms with E-state index in [0.29, 0.717) is 6.42 Å².